The van der Waals surface area contributed by atoms with E-state index in [4.69, 9.17) is 28.3 Å². The molecule has 1 rings (SSSR count). The number of carboxylic acids is 1. The van der Waals surface area contributed by atoms with E-state index < -0.39 is 24.4 Å². The molecule has 1 aromatic rings. The van der Waals surface area contributed by atoms with E-state index >= 15 is 0 Å². The van der Waals surface area contributed by atoms with Gasteiger partial charge in [0.15, 0.2) is 6.10 Å². The zero-order valence-corrected chi connectivity index (χ0v) is 9.54. The molecule has 1 unspecified atom stereocenters. The molecule has 0 saturated carbocycles. The van der Waals surface area contributed by atoms with Crippen molar-refractivity contribution >= 4 is 29.2 Å². The standard InChI is InChI=1S/C9H6Cl2F2O4/c10-4-1-3(7(14)8(15)16)2-5(6(4)11)17-9(12)13/h1-2,7,9,14H,(H,15,16). The molecule has 0 aliphatic carbocycles. The van der Waals surface area contributed by atoms with Gasteiger partial charge in [0, 0.05) is 0 Å². The lowest BCUT2D eigenvalue weighted by molar-refractivity contribution is -0.146. The van der Waals surface area contributed by atoms with Crippen LogP contribution < -0.4 is 4.74 Å². The number of halogens is 4. The van der Waals surface area contributed by atoms with E-state index in [-0.39, 0.29) is 15.6 Å². The Balaban J connectivity index is 3.18. The molecule has 1 aromatic carbocycles. The van der Waals surface area contributed by atoms with Crippen LogP contribution in [0, 0.1) is 0 Å². The second kappa shape index (κ2) is 5.48. The first-order valence-electron chi connectivity index (χ1n) is 4.17. The molecule has 0 aliphatic rings. The summed E-state index contributed by atoms with van der Waals surface area (Å²) in [5, 5.41) is 17.3. The number of aliphatic hydroxyl groups excluding tert-OH is 1. The van der Waals surface area contributed by atoms with Gasteiger partial charge in [0.25, 0.3) is 0 Å². The number of carboxylic acid groups (broad SMARTS) is 1. The van der Waals surface area contributed by atoms with E-state index in [1.807, 2.05) is 0 Å². The van der Waals surface area contributed by atoms with Gasteiger partial charge in [-0.15, -0.1) is 0 Å². The third-order valence-corrected chi connectivity index (χ3v) is 2.57. The van der Waals surface area contributed by atoms with Crippen LogP contribution in [0.3, 0.4) is 0 Å². The fraction of sp³-hybridized carbons (Fsp3) is 0.222. The number of aliphatic hydroxyl groups is 1. The van der Waals surface area contributed by atoms with Crippen LogP contribution in [-0.4, -0.2) is 22.8 Å². The van der Waals surface area contributed by atoms with Gasteiger partial charge in [0.1, 0.15) is 10.8 Å². The molecule has 0 bridgehead atoms. The van der Waals surface area contributed by atoms with Gasteiger partial charge in [-0.3, -0.25) is 0 Å². The highest BCUT2D eigenvalue weighted by molar-refractivity contribution is 6.43. The van der Waals surface area contributed by atoms with Gasteiger partial charge >= 0.3 is 12.6 Å². The van der Waals surface area contributed by atoms with Gasteiger partial charge in [0.05, 0.1) is 5.02 Å². The molecule has 0 aromatic heterocycles. The molecule has 2 N–H and O–H groups in total. The van der Waals surface area contributed by atoms with Crippen molar-refractivity contribution in [2.45, 2.75) is 12.7 Å². The summed E-state index contributed by atoms with van der Waals surface area (Å²) in [5.74, 6) is -2.05. The molecule has 0 fully saturated rings. The summed E-state index contributed by atoms with van der Waals surface area (Å²) in [5.41, 5.74) is -0.206. The minimum absolute atomic E-state index is 0.194. The number of benzene rings is 1. The Morgan fingerprint density at radius 1 is 1.35 bits per heavy atom. The van der Waals surface area contributed by atoms with Crippen LogP contribution in [0.15, 0.2) is 12.1 Å². The Morgan fingerprint density at radius 2 is 1.94 bits per heavy atom. The van der Waals surface area contributed by atoms with Crippen LogP contribution in [0.25, 0.3) is 0 Å². The first-order chi connectivity index (χ1) is 7.82. The molecule has 0 heterocycles. The van der Waals surface area contributed by atoms with Crippen LogP contribution in [0.4, 0.5) is 8.78 Å². The lowest BCUT2D eigenvalue weighted by Gasteiger charge is -2.12. The summed E-state index contributed by atoms with van der Waals surface area (Å²) in [7, 11) is 0. The van der Waals surface area contributed by atoms with Crippen molar-refractivity contribution in [2.24, 2.45) is 0 Å². The van der Waals surface area contributed by atoms with Crippen LogP contribution in [0.5, 0.6) is 5.75 Å². The van der Waals surface area contributed by atoms with Gasteiger partial charge in [-0.1, -0.05) is 23.2 Å². The smallest absolute Gasteiger partial charge is 0.387 e. The minimum Gasteiger partial charge on any atom is -0.479 e. The van der Waals surface area contributed by atoms with Crippen LogP contribution in [0.1, 0.15) is 11.7 Å². The average molecular weight is 287 g/mol. The molecule has 0 saturated heterocycles. The Bertz CT molecular complexity index is 439. The van der Waals surface area contributed by atoms with Gasteiger partial charge in [-0.05, 0) is 17.7 Å². The molecular formula is C9H6Cl2F2O4. The average Bonchev–Trinajstić information content (AvgIpc) is 2.22. The Kier molecular flexibility index (Phi) is 4.50. The fourth-order valence-corrected chi connectivity index (χ4v) is 1.44. The van der Waals surface area contributed by atoms with Crippen LogP contribution in [-0.2, 0) is 4.79 Å². The number of hydrogen-bond donors (Lipinski definition) is 2. The Hall–Kier alpha value is -1.11. The van der Waals surface area contributed by atoms with Crippen molar-refractivity contribution in [3.05, 3.63) is 27.7 Å². The predicted octanol–water partition coefficient (Wildman–Crippen LogP) is 2.71. The van der Waals surface area contributed by atoms with Crippen molar-refractivity contribution in [3.63, 3.8) is 0 Å². The lowest BCUT2D eigenvalue weighted by Crippen LogP contribution is -2.11. The molecule has 8 heteroatoms. The summed E-state index contributed by atoms with van der Waals surface area (Å²) >= 11 is 11.2. The Labute approximate surface area is 104 Å². The zero-order chi connectivity index (χ0) is 13.2. The van der Waals surface area contributed by atoms with Gasteiger partial charge in [0.2, 0.25) is 0 Å². The molecule has 0 radical (unpaired) electrons. The highest BCUT2D eigenvalue weighted by atomic mass is 35.5. The maximum Gasteiger partial charge on any atom is 0.387 e. The van der Waals surface area contributed by atoms with E-state index in [1.54, 1.807) is 0 Å². The maximum absolute atomic E-state index is 12.0. The minimum atomic E-state index is -3.14. The molecule has 0 aliphatic heterocycles. The van der Waals surface area contributed by atoms with E-state index in [1.165, 1.54) is 0 Å². The first kappa shape index (κ1) is 14.0. The molecule has 4 nitrogen and oxygen atoms in total. The van der Waals surface area contributed by atoms with E-state index in [0.29, 0.717) is 0 Å². The van der Waals surface area contributed by atoms with Crippen molar-refractivity contribution in [1.82, 2.24) is 0 Å². The second-order valence-corrected chi connectivity index (χ2v) is 3.72. The van der Waals surface area contributed by atoms with Crippen molar-refractivity contribution in [1.29, 1.82) is 0 Å². The number of ether oxygens (including phenoxy) is 1. The molecular weight excluding hydrogens is 281 g/mol. The maximum atomic E-state index is 12.0. The van der Waals surface area contributed by atoms with Gasteiger partial charge in [-0.25, -0.2) is 4.79 Å². The van der Waals surface area contributed by atoms with Crippen molar-refractivity contribution < 1.29 is 28.5 Å². The quantitative estimate of drug-likeness (QED) is 0.893. The first-order valence-corrected chi connectivity index (χ1v) is 4.93. The molecule has 0 amide bonds. The highest BCUT2D eigenvalue weighted by Crippen LogP contribution is 2.36. The molecule has 0 spiro atoms. The van der Waals surface area contributed by atoms with E-state index in [0.717, 1.165) is 12.1 Å². The zero-order valence-electron chi connectivity index (χ0n) is 8.03. The van der Waals surface area contributed by atoms with Crippen molar-refractivity contribution in [2.75, 3.05) is 0 Å². The third kappa shape index (κ3) is 3.42. The summed E-state index contributed by atoms with van der Waals surface area (Å²) in [6.07, 6.45) is -1.90. The SMILES string of the molecule is O=C(O)C(O)c1cc(Cl)c(Cl)c(OC(F)F)c1. The number of aliphatic carboxylic acids is 1. The third-order valence-electron chi connectivity index (χ3n) is 1.78. The van der Waals surface area contributed by atoms with Gasteiger partial charge in [-0.2, -0.15) is 8.78 Å². The number of hydrogen-bond acceptors (Lipinski definition) is 3. The lowest BCUT2D eigenvalue weighted by atomic mass is 10.1. The normalized spacial score (nSPS) is 12.6. The fourth-order valence-electron chi connectivity index (χ4n) is 1.07. The van der Waals surface area contributed by atoms with Crippen molar-refractivity contribution in [3.8, 4) is 5.75 Å². The molecule has 17 heavy (non-hydrogen) atoms. The predicted molar refractivity (Wildman–Crippen MR) is 55.7 cm³/mol. The summed E-state index contributed by atoms with van der Waals surface area (Å²) < 4.78 is 28.1. The molecule has 1 atom stereocenters. The number of alkyl halides is 2. The highest BCUT2D eigenvalue weighted by Gasteiger charge is 2.21. The van der Waals surface area contributed by atoms with E-state index in [9.17, 15) is 18.7 Å². The summed E-state index contributed by atoms with van der Waals surface area (Å²) in [4.78, 5) is 10.5. The number of rotatable bonds is 4. The van der Waals surface area contributed by atoms with Crippen LogP contribution in [0.2, 0.25) is 10.0 Å². The molecule has 94 valence electrons. The van der Waals surface area contributed by atoms with Gasteiger partial charge < -0.3 is 14.9 Å². The largest absolute Gasteiger partial charge is 0.479 e. The Morgan fingerprint density at radius 3 is 2.41 bits per heavy atom. The number of carbonyl (C=O) groups is 1. The topological polar surface area (TPSA) is 66.8 Å². The van der Waals surface area contributed by atoms with Crippen LogP contribution >= 0.6 is 23.2 Å². The second-order valence-electron chi connectivity index (χ2n) is 2.93. The van der Waals surface area contributed by atoms with E-state index in [2.05, 4.69) is 4.74 Å². The summed E-state index contributed by atoms with van der Waals surface area (Å²) in [6.45, 7) is -3.14. The monoisotopic (exact) mass is 286 g/mol. The summed E-state index contributed by atoms with van der Waals surface area (Å²) in [6, 6.07) is 1.94.